The van der Waals surface area contributed by atoms with Crippen molar-refractivity contribution in [2.24, 2.45) is 16.8 Å². The third-order valence-electron chi connectivity index (χ3n) is 5.84. The lowest BCUT2D eigenvalue weighted by molar-refractivity contribution is -0.274. The van der Waals surface area contributed by atoms with Gasteiger partial charge in [-0.1, -0.05) is 18.2 Å². The number of benzene rings is 1. The summed E-state index contributed by atoms with van der Waals surface area (Å²) in [6.07, 6.45) is 1.36. The molecule has 0 spiro atoms. The largest absolute Gasteiger partial charge is 0.573 e. The number of ether oxygens (including phenoxy) is 1. The van der Waals surface area contributed by atoms with Crippen LogP contribution in [0, 0.1) is 11.8 Å². The monoisotopic (exact) mass is 443 g/mol. The first-order valence-electron chi connectivity index (χ1n) is 10.2. The molecule has 0 aromatic heterocycles. The maximum atomic E-state index is 12.5. The second-order valence-corrected chi connectivity index (χ2v) is 11.9. The molecule has 0 saturated heterocycles. The molecule has 1 aromatic rings. The molecular formula is C22H28F3NO3S. The van der Waals surface area contributed by atoms with Gasteiger partial charge in [-0.05, 0) is 70.4 Å². The maximum Gasteiger partial charge on any atom is 0.573 e. The zero-order valence-electron chi connectivity index (χ0n) is 17.5. The molecule has 0 N–H and O–H groups in total. The number of hydrogen-bond donors (Lipinski definition) is 0. The van der Waals surface area contributed by atoms with E-state index in [4.69, 9.17) is 0 Å². The quantitative estimate of drug-likeness (QED) is 0.579. The Balaban J connectivity index is 1.60. The van der Waals surface area contributed by atoms with Crippen molar-refractivity contribution in [2.75, 3.05) is 5.75 Å². The highest BCUT2D eigenvalue weighted by Gasteiger charge is 2.34. The summed E-state index contributed by atoms with van der Waals surface area (Å²) >= 11 is 0. The number of rotatable bonds is 5. The zero-order chi connectivity index (χ0) is 22.2. The molecule has 1 aliphatic carbocycles. The molecule has 1 aliphatic heterocycles. The Morgan fingerprint density at radius 3 is 2.37 bits per heavy atom. The topological polar surface area (TPSA) is 55.7 Å². The molecule has 1 heterocycles. The van der Waals surface area contributed by atoms with Crippen molar-refractivity contribution in [3.8, 4) is 5.75 Å². The van der Waals surface area contributed by atoms with Crippen LogP contribution in [0.3, 0.4) is 0 Å². The molecule has 1 aromatic carbocycles. The van der Waals surface area contributed by atoms with Crippen LogP contribution in [0.2, 0.25) is 0 Å². The molecule has 1 saturated carbocycles. The van der Waals surface area contributed by atoms with E-state index in [0.29, 0.717) is 23.6 Å². The van der Waals surface area contributed by atoms with E-state index in [9.17, 15) is 21.6 Å². The average Bonchev–Trinajstić information content (AvgIpc) is 3.10. The van der Waals surface area contributed by atoms with E-state index < -0.39 is 20.9 Å². The summed E-state index contributed by atoms with van der Waals surface area (Å²) in [7, 11) is -3.13. The maximum absolute atomic E-state index is 12.5. The minimum atomic E-state index is -4.73. The highest BCUT2D eigenvalue weighted by Crippen LogP contribution is 2.36. The van der Waals surface area contributed by atoms with Crippen LogP contribution in [-0.4, -0.2) is 31.0 Å². The lowest BCUT2D eigenvalue weighted by Crippen LogP contribution is -2.34. The molecular weight excluding hydrogens is 415 g/mol. The summed E-state index contributed by atoms with van der Waals surface area (Å²) in [5.41, 5.74) is 2.29. The minimum Gasteiger partial charge on any atom is -0.406 e. The third-order valence-corrected chi connectivity index (χ3v) is 8.61. The molecule has 4 nitrogen and oxygen atoms in total. The summed E-state index contributed by atoms with van der Waals surface area (Å²) < 4.78 is 65.5. The van der Waals surface area contributed by atoms with Crippen LogP contribution < -0.4 is 4.74 Å². The van der Waals surface area contributed by atoms with Crippen molar-refractivity contribution in [2.45, 2.75) is 64.0 Å². The summed E-state index contributed by atoms with van der Waals surface area (Å²) in [6, 6.07) is 5.85. The van der Waals surface area contributed by atoms with Crippen molar-refractivity contribution < 1.29 is 26.3 Å². The Bertz CT molecular complexity index is 935. The Labute approximate surface area is 176 Å². The van der Waals surface area contributed by atoms with Gasteiger partial charge in [0.1, 0.15) is 5.75 Å². The number of aliphatic imine (C=N–C) groups is 1. The lowest BCUT2D eigenvalue weighted by Gasteiger charge is -2.30. The Morgan fingerprint density at radius 1 is 1.10 bits per heavy atom. The molecule has 0 bridgehead atoms. The van der Waals surface area contributed by atoms with Crippen LogP contribution in [0.4, 0.5) is 13.2 Å². The molecule has 3 rings (SSSR count). The van der Waals surface area contributed by atoms with E-state index in [1.807, 2.05) is 6.08 Å². The first-order valence-corrected chi connectivity index (χ1v) is 11.9. The van der Waals surface area contributed by atoms with E-state index >= 15 is 0 Å². The third kappa shape index (κ3) is 5.65. The fraction of sp³-hybridized carbons (Fsp3) is 0.591. The van der Waals surface area contributed by atoms with Crippen molar-refractivity contribution in [1.82, 2.24) is 0 Å². The van der Waals surface area contributed by atoms with Gasteiger partial charge in [-0.3, -0.25) is 4.99 Å². The Kier molecular flexibility index (Phi) is 6.37. The highest BCUT2D eigenvalue weighted by atomic mass is 32.2. The van der Waals surface area contributed by atoms with E-state index in [0.717, 1.165) is 31.4 Å². The summed E-state index contributed by atoms with van der Waals surface area (Å²) in [4.78, 5) is 4.68. The SMILES string of the molecule is CC(C)(C)S(=O)(=O)CC1CCC(C2=NC(c3cccc(OC(F)(F)F)c3)=CC2)CC1. The van der Waals surface area contributed by atoms with Gasteiger partial charge >= 0.3 is 6.36 Å². The number of halogens is 3. The van der Waals surface area contributed by atoms with Crippen LogP contribution in [0.5, 0.6) is 5.75 Å². The molecule has 0 radical (unpaired) electrons. The minimum absolute atomic E-state index is 0.177. The van der Waals surface area contributed by atoms with Crippen LogP contribution in [-0.2, 0) is 9.84 Å². The van der Waals surface area contributed by atoms with Crippen LogP contribution >= 0.6 is 0 Å². The number of nitrogens with zero attached hydrogens (tertiary/aromatic N) is 1. The number of allylic oxidation sites excluding steroid dienone is 1. The standard InChI is InChI=1S/C22H28F3NO3S/c1-21(2,3)30(27,28)14-15-7-9-16(10-8-15)19-11-12-20(26-19)17-5-4-6-18(13-17)29-22(23,24)25/h4-6,12-13,15-16H,7-11,14H2,1-3H3. The molecule has 0 unspecified atom stereocenters. The molecule has 8 heteroatoms. The van der Waals surface area contributed by atoms with Gasteiger partial charge in [0.25, 0.3) is 0 Å². The van der Waals surface area contributed by atoms with Crippen LogP contribution in [0.1, 0.15) is 58.4 Å². The molecule has 1 fully saturated rings. The van der Waals surface area contributed by atoms with E-state index in [1.54, 1.807) is 26.8 Å². The zero-order valence-corrected chi connectivity index (χ0v) is 18.3. The van der Waals surface area contributed by atoms with Gasteiger partial charge in [0.05, 0.1) is 16.2 Å². The predicted octanol–water partition coefficient (Wildman–Crippen LogP) is 5.79. The normalized spacial score (nSPS) is 23.1. The lowest BCUT2D eigenvalue weighted by atomic mass is 9.80. The van der Waals surface area contributed by atoms with E-state index in [2.05, 4.69) is 9.73 Å². The summed E-state index contributed by atoms with van der Waals surface area (Å²) in [5.74, 6) is 0.439. The van der Waals surface area contributed by atoms with Crippen molar-refractivity contribution in [1.29, 1.82) is 0 Å². The van der Waals surface area contributed by atoms with Crippen molar-refractivity contribution in [3.63, 3.8) is 0 Å². The molecule has 0 amide bonds. The Hall–Kier alpha value is -1.83. The fourth-order valence-corrected chi connectivity index (χ4v) is 5.42. The number of alkyl halides is 3. The van der Waals surface area contributed by atoms with Crippen molar-refractivity contribution in [3.05, 3.63) is 35.9 Å². The molecule has 0 atom stereocenters. The molecule has 2 aliphatic rings. The van der Waals surface area contributed by atoms with E-state index in [1.165, 1.54) is 18.2 Å². The van der Waals surface area contributed by atoms with Gasteiger partial charge in [-0.2, -0.15) is 0 Å². The first kappa shape index (κ1) is 22.8. The van der Waals surface area contributed by atoms with Crippen LogP contribution in [0.25, 0.3) is 5.70 Å². The predicted molar refractivity (Wildman–Crippen MR) is 112 cm³/mol. The molecule has 30 heavy (non-hydrogen) atoms. The second kappa shape index (κ2) is 8.36. The Morgan fingerprint density at radius 2 is 1.77 bits per heavy atom. The van der Waals surface area contributed by atoms with Gasteiger partial charge in [0.15, 0.2) is 9.84 Å². The first-order chi connectivity index (χ1) is 13.8. The van der Waals surface area contributed by atoms with E-state index in [-0.39, 0.29) is 17.4 Å². The second-order valence-electron chi connectivity index (χ2n) is 9.08. The summed E-state index contributed by atoms with van der Waals surface area (Å²) in [5, 5.41) is 0. The molecule has 166 valence electrons. The van der Waals surface area contributed by atoms with Gasteiger partial charge in [-0.25, -0.2) is 8.42 Å². The van der Waals surface area contributed by atoms with Gasteiger partial charge in [0.2, 0.25) is 0 Å². The number of sulfone groups is 1. The van der Waals surface area contributed by atoms with Crippen molar-refractivity contribution >= 4 is 21.2 Å². The number of hydrogen-bond acceptors (Lipinski definition) is 4. The average molecular weight is 444 g/mol. The van der Waals surface area contributed by atoms with Gasteiger partial charge < -0.3 is 4.74 Å². The summed E-state index contributed by atoms with van der Waals surface area (Å²) in [6.45, 7) is 5.22. The smallest absolute Gasteiger partial charge is 0.406 e. The fourth-order valence-electron chi connectivity index (χ4n) is 3.96. The van der Waals surface area contributed by atoms with Gasteiger partial charge in [0, 0.05) is 17.7 Å². The highest BCUT2D eigenvalue weighted by molar-refractivity contribution is 7.92. The van der Waals surface area contributed by atoms with Gasteiger partial charge in [-0.15, -0.1) is 13.2 Å². The van der Waals surface area contributed by atoms with Crippen LogP contribution in [0.15, 0.2) is 35.3 Å².